The summed E-state index contributed by atoms with van der Waals surface area (Å²) in [6, 6.07) is 7.41. The number of rotatable bonds is 3. The van der Waals surface area contributed by atoms with Crippen LogP contribution in [0.1, 0.15) is 41.0 Å². The Labute approximate surface area is 144 Å². The number of hydrogen-bond donors (Lipinski definition) is 2. The van der Waals surface area contributed by atoms with Gasteiger partial charge in [0, 0.05) is 22.5 Å². The second-order valence-corrected chi connectivity index (χ2v) is 6.23. The second kappa shape index (κ2) is 6.46. The van der Waals surface area contributed by atoms with Crippen LogP contribution < -0.4 is 5.32 Å². The van der Waals surface area contributed by atoms with Gasteiger partial charge in [-0.05, 0) is 43.0 Å². The zero-order valence-electron chi connectivity index (χ0n) is 14.0. The Morgan fingerprint density at radius 1 is 1.24 bits per heavy atom. The Morgan fingerprint density at radius 2 is 2.12 bits per heavy atom. The van der Waals surface area contributed by atoms with Crippen molar-refractivity contribution in [1.82, 2.24) is 30.4 Å². The summed E-state index contributed by atoms with van der Waals surface area (Å²) >= 11 is 0. The third-order valence-corrected chi connectivity index (χ3v) is 4.41. The first-order valence-corrected chi connectivity index (χ1v) is 8.42. The number of hydrogen-bond acceptors (Lipinski definition) is 5. The Bertz CT molecular complexity index is 911. The number of amides is 1. The molecule has 0 spiro atoms. The van der Waals surface area contributed by atoms with E-state index in [2.05, 4.69) is 30.9 Å². The minimum atomic E-state index is -0.191. The van der Waals surface area contributed by atoms with Gasteiger partial charge < -0.3 is 5.32 Å². The molecule has 0 saturated heterocycles. The van der Waals surface area contributed by atoms with Gasteiger partial charge in [0.15, 0.2) is 5.69 Å². The van der Waals surface area contributed by atoms with Gasteiger partial charge in [-0.15, -0.1) is 10.2 Å². The van der Waals surface area contributed by atoms with Gasteiger partial charge in [0.05, 0.1) is 7.05 Å². The molecule has 2 aromatic heterocycles. The van der Waals surface area contributed by atoms with Crippen LogP contribution in [0.25, 0.3) is 11.4 Å². The van der Waals surface area contributed by atoms with Gasteiger partial charge in [-0.25, -0.2) is 0 Å². The van der Waals surface area contributed by atoms with Crippen molar-refractivity contribution in [1.29, 1.82) is 0 Å². The van der Waals surface area contributed by atoms with Gasteiger partial charge in [-0.3, -0.25) is 9.89 Å². The molecule has 0 saturated carbocycles. The van der Waals surface area contributed by atoms with Crippen molar-refractivity contribution in [2.24, 2.45) is 7.05 Å². The number of nitrogens with one attached hydrogen (secondary N) is 2. The molecule has 128 valence electrons. The van der Waals surface area contributed by atoms with Crippen molar-refractivity contribution in [3.05, 3.63) is 41.2 Å². The zero-order chi connectivity index (χ0) is 17.2. The fraction of sp³-hybridized carbons (Fsp3) is 0.353. The highest BCUT2D eigenvalue weighted by Gasteiger charge is 2.21. The molecule has 1 aliphatic rings. The maximum Gasteiger partial charge on any atom is 0.276 e. The number of benzene rings is 1. The molecule has 1 aliphatic carbocycles. The summed E-state index contributed by atoms with van der Waals surface area (Å²) in [4.78, 5) is 14.1. The van der Waals surface area contributed by atoms with E-state index in [-0.39, 0.29) is 5.91 Å². The molecule has 2 heterocycles. The Balaban J connectivity index is 1.56. The van der Waals surface area contributed by atoms with E-state index in [0.717, 1.165) is 42.5 Å². The number of anilines is 1. The molecule has 2 N–H and O–H groups in total. The molecule has 0 bridgehead atoms. The number of carbonyl (C=O) groups excluding carboxylic acids is 1. The summed E-state index contributed by atoms with van der Waals surface area (Å²) in [5.41, 5.74) is 4.13. The number of nitrogens with zero attached hydrogens (tertiary/aromatic N) is 5. The maximum absolute atomic E-state index is 12.7. The van der Waals surface area contributed by atoms with Gasteiger partial charge in [0.25, 0.3) is 5.91 Å². The number of carbonyl (C=O) groups is 1. The molecule has 0 atom stereocenters. The monoisotopic (exact) mass is 337 g/mol. The lowest BCUT2D eigenvalue weighted by Crippen LogP contribution is -2.14. The smallest absolute Gasteiger partial charge is 0.276 e. The minimum Gasteiger partial charge on any atom is -0.321 e. The molecule has 4 rings (SSSR count). The topological polar surface area (TPSA) is 101 Å². The Kier molecular flexibility index (Phi) is 4.01. The average molecular weight is 337 g/mol. The maximum atomic E-state index is 12.7. The molecule has 1 aromatic carbocycles. The lowest BCUT2D eigenvalue weighted by molar-refractivity contribution is 0.102. The predicted octanol–water partition coefficient (Wildman–Crippen LogP) is 2.12. The van der Waals surface area contributed by atoms with E-state index in [9.17, 15) is 4.79 Å². The molecule has 25 heavy (non-hydrogen) atoms. The first-order valence-electron chi connectivity index (χ1n) is 8.42. The van der Waals surface area contributed by atoms with Gasteiger partial charge in [-0.2, -0.15) is 9.90 Å². The van der Waals surface area contributed by atoms with Crippen LogP contribution in [0.3, 0.4) is 0 Å². The number of H-pyrrole nitrogens is 1. The van der Waals surface area contributed by atoms with E-state index in [1.165, 1.54) is 11.2 Å². The third-order valence-electron chi connectivity index (χ3n) is 4.41. The van der Waals surface area contributed by atoms with Crippen LogP contribution in [0, 0.1) is 0 Å². The molecular formula is C17H19N7O. The van der Waals surface area contributed by atoms with Crippen molar-refractivity contribution < 1.29 is 4.79 Å². The summed E-state index contributed by atoms with van der Waals surface area (Å²) in [5, 5.41) is 22.2. The average Bonchev–Trinajstić information content (AvgIpc) is 3.15. The van der Waals surface area contributed by atoms with Crippen LogP contribution in [-0.2, 0) is 19.9 Å². The van der Waals surface area contributed by atoms with E-state index in [0.29, 0.717) is 17.2 Å². The zero-order valence-corrected chi connectivity index (χ0v) is 14.0. The molecule has 1 amide bonds. The summed E-state index contributed by atoms with van der Waals surface area (Å²) in [6.45, 7) is 0. The SMILES string of the molecule is Cn1nnc(-c2cccc(NC(=O)c3n[nH]c4c3CCCCC4)c2)n1. The molecule has 3 aromatic rings. The van der Waals surface area contributed by atoms with Gasteiger partial charge in [0.1, 0.15) is 0 Å². The first-order chi connectivity index (χ1) is 12.2. The normalized spacial score (nSPS) is 14.0. The highest BCUT2D eigenvalue weighted by molar-refractivity contribution is 6.04. The summed E-state index contributed by atoms with van der Waals surface area (Å²) < 4.78 is 0. The van der Waals surface area contributed by atoms with Crippen molar-refractivity contribution in [2.45, 2.75) is 32.1 Å². The first kappa shape index (κ1) is 15.5. The molecule has 0 aliphatic heterocycles. The van der Waals surface area contributed by atoms with E-state index in [1.54, 1.807) is 7.05 Å². The largest absolute Gasteiger partial charge is 0.321 e. The van der Waals surface area contributed by atoms with Gasteiger partial charge in [0.2, 0.25) is 5.82 Å². The van der Waals surface area contributed by atoms with Crippen LogP contribution in [0.5, 0.6) is 0 Å². The van der Waals surface area contributed by atoms with Crippen molar-refractivity contribution in [3.63, 3.8) is 0 Å². The van der Waals surface area contributed by atoms with E-state index in [1.807, 2.05) is 24.3 Å². The molecule has 0 fully saturated rings. The van der Waals surface area contributed by atoms with Crippen LogP contribution in [0.15, 0.2) is 24.3 Å². The fourth-order valence-corrected chi connectivity index (χ4v) is 3.17. The summed E-state index contributed by atoms with van der Waals surface area (Å²) in [6.07, 6.45) is 5.29. The highest BCUT2D eigenvalue weighted by atomic mass is 16.1. The quantitative estimate of drug-likeness (QED) is 0.713. The second-order valence-electron chi connectivity index (χ2n) is 6.23. The van der Waals surface area contributed by atoms with Gasteiger partial charge >= 0.3 is 0 Å². The predicted molar refractivity (Wildman–Crippen MR) is 92.0 cm³/mol. The number of aryl methyl sites for hydroxylation is 2. The van der Waals surface area contributed by atoms with Gasteiger partial charge in [-0.1, -0.05) is 18.6 Å². The number of aromatic nitrogens is 6. The minimum absolute atomic E-state index is 0.191. The fourth-order valence-electron chi connectivity index (χ4n) is 3.17. The van der Waals surface area contributed by atoms with E-state index < -0.39 is 0 Å². The number of tetrazole rings is 1. The summed E-state index contributed by atoms with van der Waals surface area (Å²) in [7, 11) is 1.71. The van der Waals surface area contributed by atoms with E-state index in [4.69, 9.17) is 0 Å². The Morgan fingerprint density at radius 3 is 2.96 bits per heavy atom. The van der Waals surface area contributed by atoms with Crippen molar-refractivity contribution >= 4 is 11.6 Å². The standard InChI is InChI=1S/C17H19N7O/c1-24-22-16(21-23-24)11-6-5-7-12(10-11)18-17(25)15-13-8-3-2-4-9-14(13)19-20-15/h5-7,10H,2-4,8-9H2,1H3,(H,18,25)(H,19,20). The summed E-state index contributed by atoms with van der Waals surface area (Å²) in [5.74, 6) is 0.330. The molecule has 0 radical (unpaired) electrons. The molecule has 8 heteroatoms. The van der Waals surface area contributed by atoms with Crippen LogP contribution >= 0.6 is 0 Å². The molecule has 8 nitrogen and oxygen atoms in total. The van der Waals surface area contributed by atoms with Crippen LogP contribution in [0.2, 0.25) is 0 Å². The van der Waals surface area contributed by atoms with E-state index >= 15 is 0 Å². The molecule has 0 unspecified atom stereocenters. The van der Waals surface area contributed by atoms with Crippen molar-refractivity contribution in [2.75, 3.05) is 5.32 Å². The van der Waals surface area contributed by atoms with Crippen molar-refractivity contribution in [3.8, 4) is 11.4 Å². The van der Waals surface area contributed by atoms with Crippen LogP contribution in [0.4, 0.5) is 5.69 Å². The lowest BCUT2D eigenvalue weighted by atomic mass is 10.1. The third kappa shape index (κ3) is 3.15. The molecular weight excluding hydrogens is 318 g/mol. The lowest BCUT2D eigenvalue weighted by Gasteiger charge is -2.06. The Hall–Kier alpha value is -3.03. The number of aromatic amines is 1. The van der Waals surface area contributed by atoms with Crippen LogP contribution in [-0.4, -0.2) is 36.3 Å². The highest BCUT2D eigenvalue weighted by Crippen LogP contribution is 2.23. The number of fused-ring (bicyclic) bond motifs is 1.